The molecular weight excluding hydrogens is 390 g/mol. The van der Waals surface area contributed by atoms with Crippen LogP contribution in [0.1, 0.15) is 39.2 Å². The molecule has 2 aromatic heterocycles. The Morgan fingerprint density at radius 1 is 1.03 bits per heavy atom. The van der Waals surface area contributed by atoms with Gasteiger partial charge in [-0.1, -0.05) is 36.4 Å². The van der Waals surface area contributed by atoms with Gasteiger partial charge in [0, 0.05) is 29.6 Å². The fourth-order valence-electron chi connectivity index (χ4n) is 4.00. The molecule has 0 unspecified atom stereocenters. The van der Waals surface area contributed by atoms with E-state index in [1.54, 1.807) is 11.8 Å². The maximum Gasteiger partial charge on any atom is 0.252 e. The van der Waals surface area contributed by atoms with Crippen LogP contribution in [0.5, 0.6) is 0 Å². The number of imidazole rings is 1. The third-order valence-electron chi connectivity index (χ3n) is 5.54. The van der Waals surface area contributed by atoms with Crippen LogP contribution >= 0.6 is 11.8 Å². The van der Waals surface area contributed by atoms with Crippen molar-refractivity contribution in [1.29, 1.82) is 0 Å². The summed E-state index contributed by atoms with van der Waals surface area (Å²) in [5.74, 6) is 0.685. The molecule has 30 heavy (non-hydrogen) atoms. The van der Waals surface area contributed by atoms with Gasteiger partial charge in [0.1, 0.15) is 5.65 Å². The van der Waals surface area contributed by atoms with Gasteiger partial charge in [-0.05, 0) is 60.2 Å². The van der Waals surface area contributed by atoms with Gasteiger partial charge in [0.25, 0.3) is 5.91 Å². The summed E-state index contributed by atoms with van der Waals surface area (Å²) in [6.45, 7) is 0.553. The van der Waals surface area contributed by atoms with E-state index in [4.69, 9.17) is 0 Å². The van der Waals surface area contributed by atoms with Gasteiger partial charge in [-0.25, -0.2) is 4.98 Å². The van der Waals surface area contributed by atoms with Gasteiger partial charge in [-0.2, -0.15) is 0 Å². The van der Waals surface area contributed by atoms with Crippen molar-refractivity contribution < 1.29 is 4.79 Å². The zero-order valence-corrected chi connectivity index (χ0v) is 17.5. The number of carbonyl (C=O) groups excluding carboxylic acids is 1. The molecule has 0 fully saturated rings. The lowest BCUT2D eigenvalue weighted by molar-refractivity contribution is 0.0948. The predicted octanol–water partition coefficient (Wildman–Crippen LogP) is 5.05. The van der Waals surface area contributed by atoms with Gasteiger partial charge in [-0.15, -0.1) is 11.8 Å². The van der Waals surface area contributed by atoms with Crippen LogP contribution in [0.2, 0.25) is 0 Å². The number of thioether (sulfide) groups is 1. The highest BCUT2D eigenvalue weighted by molar-refractivity contribution is 7.98. The summed E-state index contributed by atoms with van der Waals surface area (Å²) in [5.41, 5.74) is 6.71. The monoisotopic (exact) mass is 413 g/mol. The number of hydrogen-bond acceptors (Lipinski definition) is 3. The summed E-state index contributed by atoms with van der Waals surface area (Å²) < 4.78 is 2.02. The summed E-state index contributed by atoms with van der Waals surface area (Å²) in [6, 6.07) is 20.3. The second-order valence-electron chi connectivity index (χ2n) is 7.62. The summed E-state index contributed by atoms with van der Waals surface area (Å²) in [4.78, 5) is 18.5. The van der Waals surface area contributed by atoms with E-state index in [0.717, 1.165) is 28.4 Å². The van der Waals surface area contributed by atoms with Crippen LogP contribution in [0.4, 0.5) is 0 Å². The number of carbonyl (C=O) groups is 1. The smallest absolute Gasteiger partial charge is 0.252 e. The van der Waals surface area contributed by atoms with E-state index in [9.17, 15) is 4.79 Å². The molecule has 4 nitrogen and oxygen atoms in total. The Morgan fingerprint density at radius 3 is 2.83 bits per heavy atom. The molecule has 0 atom stereocenters. The molecule has 5 heteroatoms. The van der Waals surface area contributed by atoms with E-state index in [1.807, 2.05) is 59.3 Å². The molecule has 0 saturated heterocycles. The fourth-order valence-corrected chi connectivity index (χ4v) is 4.93. The number of nitrogens with one attached hydrogen (secondary N) is 1. The molecule has 150 valence electrons. The van der Waals surface area contributed by atoms with Crippen molar-refractivity contribution in [1.82, 2.24) is 14.7 Å². The lowest BCUT2D eigenvalue weighted by Gasteiger charge is -2.10. The Morgan fingerprint density at radius 2 is 1.90 bits per heavy atom. The van der Waals surface area contributed by atoms with Gasteiger partial charge in [0.15, 0.2) is 0 Å². The molecule has 1 aliphatic carbocycles. The minimum atomic E-state index is -0.0337. The van der Waals surface area contributed by atoms with Gasteiger partial charge >= 0.3 is 0 Å². The SMILES string of the molecule is O=C(NCc1ccc2c(c1)CCC2)c1ccccc1SCc1cn2ccccc2n1. The Labute approximate surface area is 180 Å². The van der Waals surface area contributed by atoms with E-state index in [1.165, 1.54) is 29.5 Å². The summed E-state index contributed by atoms with van der Waals surface area (Å²) in [7, 11) is 0. The number of pyridine rings is 1. The fraction of sp³-hybridized carbons (Fsp3) is 0.200. The number of amides is 1. The highest BCUT2D eigenvalue weighted by Crippen LogP contribution is 2.27. The van der Waals surface area contributed by atoms with Crippen LogP contribution in [-0.4, -0.2) is 15.3 Å². The van der Waals surface area contributed by atoms with Gasteiger partial charge in [0.05, 0.1) is 11.3 Å². The van der Waals surface area contributed by atoms with Crippen molar-refractivity contribution in [3.63, 3.8) is 0 Å². The average molecular weight is 414 g/mol. The van der Waals surface area contributed by atoms with Crippen molar-refractivity contribution in [3.8, 4) is 0 Å². The second kappa shape index (κ2) is 8.36. The van der Waals surface area contributed by atoms with E-state index in [2.05, 4.69) is 28.5 Å². The highest BCUT2D eigenvalue weighted by atomic mass is 32.2. The summed E-state index contributed by atoms with van der Waals surface area (Å²) in [5, 5.41) is 3.09. The molecule has 5 rings (SSSR count). The number of aromatic nitrogens is 2. The first-order chi connectivity index (χ1) is 14.8. The first-order valence-corrected chi connectivity index (χ1v) is 11.3. The zero-order valence-electron chi connectivity index (χ0n) is 16.7. The van der Waals surface area contributed by atoms with Crippen LogP contribution in [-0.2, 0) is 25.1 Å². The van der Waals surface area contributed by atoms with Crippen LogP contribution in [0, 0.1) is 0 Å². The van der Waals surface area contributed by atoms with E-state index < -0.39 is 0 Å². The number of nitrogens with zero attached hydrogens (tertiary/aromatic N) is 2. The minimum absolute atomic E-state index is 0.0337. The van der Waals surface area contributed by atoms with Crippen molar-refractivity contribution in [2.45, 2.75) is 36.5 Å². The van der Waals surface area contributed by atoms with Crippen LogP contribution in [0.25, 0.3) is 5.65 Å². The van der Waals surface area contributed by atoms with Gasteiger partial charge < -0.3 is 9.72 Å². The van der Waals surface area contributed by atoms with Crippen LogP contribution in [0.3, 0.4) is 0 Å². The summed E-state index contributed by atoms with van der Waals surface area (Å²) in [6.07, 6.45) is 7.61. The maximum atomic E-state index is 12.9. The molecule has 4 aromatic rings. The first-order valence-electron chi connectivity index (χ1n) is 10.3. The minimum Gasteiger partial charge on any atom is -0.348 e. The Bertz CT molecular complexity index is 1180. The lowest BCUT2D eigenvalue weighted by Crippen LogP contribution is -2.23. The summed E-state index contributed by atoms with van der Waals surface area (Å²) >= 11 is 1.65. The van der Waals surface area contributed by atoms with Crippen molar-refractivity contribution in [2.24, 2.45) is 0 Å². The predicted molar refractivity (Wildman–Crippen MR) is 121 cm³/mol. The van der Waals surface area contributed by atoms with E-state index >= 15 is 0 Å². The van der Waals surface area contributed by atoms with E-state index in [0.29, 0.717) is 12.1 Å². The highest BCUT2D eigenvalue weighted by Gasteiger charge is 2.14. The largest absolute Gasteiger partial charge is 0.348 e. The number of fused-ring (bicyclic) bond motifs is 2. The third-order valence-corrected chi connectivity index (χ3v) is 6.64. The van der Waals surface area contributed by atoms with E-state index in [-0.39, 0.29) is 5.91 Å². The number of aryl methyl sites for hydroxylation is 2. The zero-order chi connectivity index (χ0) is 20.3. The molecule has 0 aliphatic heterocycles. The first kappa shape index (κ1) is 18.9. The third kappa shape index (κ3) is 3.98. The average Bonchev–Trinajstić information content (AvgIpc) is 3.42. The molecule has 1 aliphatic rings. The quantitative estimate of drug-likeness (QED) is 0.450. The van der Waals surface area contributed by atoms with Crippen LogP contribution in [0.15, 0.2) is 78.0 Å². The standard InChI is InChI=1S/C25H23N3OS/c29-25(26-15-18-11-12-19-6-5-7-20(19)14-18)22-8-1-2-9-23(22)30-17-21-16-28-13-4-3-10-24(28)27-21/h1-4,8-14,16H,5-7,15,17H2,(H,26,29). The molecule has 1 N–H and O–H groups in total. The number of rotatable bonds is 6. The van der Waals surface area contributed by atoms with Crippen LogP contribution < -0.4 is 5.32 Å². The van der Waals surface area contributed by atoms with Crippen molar-refractivity contribution in [3.05, 3.63) is 101 Å². The molecule has 0 bridgehead atoms. The number of benzene rings is 2. The van der Waals surface area contributed by atoms with Gasteiger partial charge in [0.2, 0.25) is 0 Å². The van der Waals surface area contributed by atoms with Crippen molar-refractivity contribution >= 4 is 23.3 Å². The molecule has 0 spiro atoms. The topological polar surface area (TPSA) is 46.4 Å². The molecule has 0 radical (unpaired) electrons. The molecule has 2 aromatic carbocycles. The molecule has 0 saturated carbocycles. The second-order valence-corrected chi connectivity index (χ2v) is 8.64. The molecule has 2 heterocycles. The lowest BCUT2D eigenvalue weighted by atomic mass is 10.1. The Balaban J connectivity index is 1.26. The normalized spacial score (nSPS) is 12.8. The molecular formula is C25H23N3OS. The number of hydrogen-bond donors (Lipinski definition) is 1. The molecule has 1 amide bonds. The van der Waals surface area contributed by atoms with Crippen molar-refractivity contribution in [2.75, 3.05) is 0 Å². The van der Waals surface area contributed by atoms with Gasteiger partial charge in [-0.3, -0.25) is 4.79 Å². The maximum absolute atomic E-state index is 12.9. The Kier molecular flexibility index (Phi) is 5.28. The Hall–Kier alpha value is -3.05.